The fraction of sp³-hybridized carbons (Fsp3) is 0.130. The Morgan fingerprint density at radius 2 is 1.68 bits per heavy atom. The van der Waals surface area contributed by atoms with E-state index in [0.717, 1.165) is 11.5 Å². The molecule has 4 rings (SSSR count). The summed E-state index contributed by atoms with van der Waals surface area (Å²) in [6.07, 6.45) is 0. The summed E-state index contributed by atoms with van der Waals surface area (Å²) in [6.45, 7) is 1.84. The number of carbonyl (C=O) groups is 1. The summed E-state index contributed by atoms with van der Waals surface area (Å²) in [5.74, 6) is 1.60. The lowest BCUT2D eigenvalue weighted by atomic mass is 10.2. The Bertz CT molecular complexity index is 1310. The summed E-state index contributed by atoms with van der Waals surface area (Å²) >= 11 is 0. The SMILES string of the molecule is Cc1nc(Nc2ccc(NC(=O)c3cc(=O)c4ccccc4o3)cc2)cc(N(C)C)n1. The number of rotatable bonds is 5. The van der Waals surface area contributed by atoms with E-state index in [1.807, 2.05) is 44.1 Å². The Hall–Kier alpha value is -4.20. The number of aryl methyl sites for hydroxylation is 1. The Morgan fingerprint density at radius 3 is 2.42 bits per heavy atom. The molecule has 4 aromatic rings. The fourth-order valence-electron chi connectivity index (χ4n) is 3.04. The van der Waals surface area contributed by atoms with Crippen molar-refractivity contribution in [2.24, 2.45) is 0 Å². The molecule has 0 aliphatic carbocycles. The summed E-state index contributed by atoms with van der Waals surface area (Å²) in [4.78, 5) is 35.4. The van der Waals surface area contributed by atoms with E-state index in [-0.39, 0.29) is 11.2 Å². The van der Waals surface area contributed by atoms with Gasteiger partial charge in [-0.1, -0.05) is 12.1 Å². The summed E-state index contributed by atoms with van der Waals surface area (Å²) in [5.41, 5.74) is 1.48. The topological polar surface area (TPSA) is 100 Å². The molecule has 0 saturated heterocycles. The van der Waals surface area contributed by atoms with Crippen LogP contribution in [0.2, 0.25) is 0 Å². The number of benzene rings is 2. The van der Waals surface area contributed by atoms with Gasteiger partial charge in [-0.25, -0.2) is 9.97 Å². The van der Waals surface area contributed by atoms with Crippen LogP contribution < -0.4 is 21.0 Å². The van der Waals surface area contributed by atoms with Crippen LogP contribution in [0.1, 0.15) is 16.4 Å². The number of carbonyl (C=O) groups excluding carboxylic acids is 1. The van der Waals surface area contributed by atoms with Crippen LogP contribution in [-0.4, -0.2) is 30.0 Å². The lowest BCUT2D eigenvalue weighted by Gasteiger charge is -2.14. The molecule has 0 fully saturated rings. The Morgan fingerprint density at radius 1 is 0.968 bits per heavy atom. The minimum Gasteiger partial charge on any atom is -0.451 e. The molecule has 0 aliphatic heterocycles. The second-order valence-corrected chi connectivity index (χ2v) is 7.18. The second-order valence-electron chi connectivity index (χ2n) is 7.18. The maximum absolute atomic E-state index is 12.5. The first-order valence-electron chi connectivity index (χ1n) is 9.63. The van der Waals surface area contributed by atoms with Crippen molar-refractivity contribution in [2.75, 3.05) is 29.6 Å². The Kier molecular flexibility index (Phi) is 5.36. The zero-order chi connectivity index (χ0) is 22.0. The van der Waals surface area contributed by atoms with Crippen LogP contribution in [0.5, 0.6) is 0 Å². The molecule has 8 heteroatoms. The molecule has 0 spiro atoms. The molecule has 0 atom stereocenters. The molecule has 2 aromatic heterocycles. The molecule has 0 radical (unpaired) electrons. The summed E-state index contributed by atoms with van der Waals surface area (Å²) in [5, 5.41) is 6.41. The number of nitrogens with zero attached hydrogens (tertiary/aromatic N) is 3. The van der Waals surface area contributed by atoms with Gasteiger partial charge in [-0.05, 0) is 43.3 Å². The average Bonchev–Trinajstić information content (AvgIpc) is 2.74. The van der Waals surface area contributed by atoms with Crippen molar-refractivity contribution in [1.82, 2.24) is 9.97 Å². The molecule has 156 valence electrons. The molecule has 2 heterocycles. The largest absolute Gasteiger partial charge is 0.451 e. The summed E-state index contributed by atoms with van der Waals surface area (Å²) in [6, 6.07) is 17.0. The quantitative estimate of drug-likeness (QED) is 0.509. The molecule has 0 aliphatic rings. The van der Waals surface area contributed by atoms with Crippen LogP contribution in [0.4, 0.5) is 23.0 Å². The molecule has 31 heavy (non-hydrogen) atoms. The molecule has 0 saturated carbocycles. The van der Waals surface area contributed by atoms with Gasteiger partial charge in [0.15, 0.2) is 11.2 Å². The van der Waals surface area contributed by atoms with Gasteiger partial charge in [0.2, 0.25) is 0 Å². The molecule has 0 unspecified atom stereocenters. The van der Waals surface area contributed by atoms with Gasteiger partial charge < -0.3 is 20.0 Å². The lowest BCUT2D eigenvalue weighted by Crippen LogP contribution is -2.15. The number of aromatic nitrogens is 2. The van der Waals surface area contributed by atoms with Gasteiger partial charge in [-0.2, -0.15) is 0 Å². The highest BCUT2D eigenvalue weighted by Crippen LogP contribution is 2.21. The van der Waals surface area contributed by atoms with E-state index in [1.54, 1.807) is 36.4 Å². The van der Waals surface area contributed by atoms with Gasteiger partial charge >= 0.3 is 0 Å². The number of hydrogen-bond donors (Lipinski definition) is 2. The predicted molar refractivity (Wildman–Crippen MR) is 121 cm³/mol. The van der Waals surface area contributed by atoms with E-state index in [9.17, 15) is 9.59 Å². The first kappa shape index (κ1) is 20.1. The van der Waals surface area contributed by atoms with Crippen molar-refractivity contribution in [3.8, 4) is 0 Å². The van der Waals surface area contributed by atoms with Gasteiger partial charge in [-0.15, -0.1) is 0 Å². The van der Waals surface area contributed by atoms with E-state index in [4.69, 9.17) is 4.42 Å². The summed E-state index contributed by atoms with van der Waals surface area (Å²) in [7, 11) is 3.83. The maximum Gasteiger partial charge on any atom is 0.291 e. The first-order chi connectivity index (χ1) is 14.9. The normalized spacial score (nSPS) is 10.7. The van der Waals surface area contributed by atoms with E-state index in [2.05, 4.69) is 20.6 Å². The number of para-hydroxylation sites is 1. The van der Waals surface area contributed by atoms with Crippen molar-refractivity contribution in [2.45, 2.75) is 6.92 Å². The number of anilines is 4. The lowest BCUT2D eigenvalue weighted by molar-refractivity contribution is 0.0997. The number of hydrogen-bond acceptors (Lipinski definition) is 7. The van der Waals surface area contributed by atoms with E-state index >= 15 is 0 Å². The molecular weight excluding hydrogens is 394 g/mol. The Balaban J connectivity index is 1.49. The average molecular weight is 415 g/mol. The molecule has 8 nitrogen and oxygen atoms in total. The molecular formula is C23H21N5O3. The van der Waals surface area contributed by atoms with Crippen molar-refractivity contribution >= 4 is 39.9 Å². The summed E-state index contributed by atoms with van der Waals surface area (Å²) < 4.78 is 5.58. The highest BCUT2D eigenvalue weighted by Gasteiger charge is 2.12. The van der Waals surface area contributed by atoms with Gasteiger partial charge in [0.25, 0.3) is 5.91 Å². The third-order valence-electron chi connectivity index (χ3n) is 4.56. The fourth-order valence-corrected chi connectivity index (χ4v) is 3.04. The highest BCUT2D eigenvalue weighted by atomic mass is 16.3. The third kappa shape index (κ3) is 4.53. The van der Waals surface area contributed by atoms with Crippen LogP contribution >= 0.6 is 0 Å². The van der Waals surface area contributed by atoms with Crippen LogP contribution in [0, 0.1) is 6.92 Å². The van der Waals surface area contributed by atoms with Crippen molar-refractivity contribution in [3.05, 3.63) is 82.5 Å². The number of nitrogens with one attached hydrogen (secondary N) is 2. The van der Waals surface area contributed by atoms with Gasteiger partial charge in [0.05, 0.1) is 5.39 Å². The van der Waals surface area contributed by atoms with Gasteiger partial charge in [0.1, 0.15) is 23.0 Å². The first-order valence-corrected chi connectivity index (χ1v) is 9.63. The molecule has 1 amide bonds. The van der Waals surface area contributed by atoms with Crippen LogP contribution in [0.25, 0.3) is 11.0 Å². The molecule has 0 bridgehead atoms. The number of amides is 1. The van der Waals surface area contributed by atoms with Crippen LogP contribution in [0.15, 0.2) is 69.9 Å². The standard InChI is InChI=1S/C23H21N5O3/c1-14-24-21(13-22(25-14)28(2)3)26-15-8-10-16(11-9-15)27-23(30)20-12-18(29)17-6-4-5-7-19(17)31-20/h4-13H,1-3H3,(H,27,30)(H,24,25,26). The van der Waals surface area contributed by atoms with Gasteiger partial charge in [-0.3, -0.25) is 9.59 Å². The van der Waals surface area contributed by atoms with Gasteiger partial charge in [0, 0.05) is 37.6 Å². The predicted octanol–water partition coefficient (Wildman–Crippen LogP) is 3.95. The smallest absolute Gasteiger partial charge is 0.291 e. The minimum absolute atomic E-state index is 0.0430. The Labute approximate surface area is 178 Å². The zero-order valence-electron chi connectivity index (χ0n) is 17.3. The maximum atomic E-state index is 12.5. The van der Waals surface area contributed by atoms with Crippen LogP contribution in [-0.2, 0) is 0 Å². The third-order valence-corrected chi connectivity index (χ3v) is 4.56. The molecule has 2 N–H and O–H groups in total. The van der Waals surface area contributed by atoms with E-state index in [1.165, 1.54) is 6.07 Å². The van der Waals surface area contributed by atoms with Crippen molar-refractivity contribution < 1.29 is 9.21 Å². The number of fused-ring (bicyclic) bond motifs is 1. The highest BCUT2D eigenvalue weighted by molar-refractivity contribution is 6.03. The van der Waals surface area contributed by atoms with E-state index in [0.29, 0.717) is 28.3 Å². The van der Waals surface area contributed by atoms with Crippen molar-refractivity contribution in [1.29, 1.82) is 0 Å². The zero-order valence-corrected chi connectivity index (χ0v) is 17.3. The monoisotopic (exact) mass is 415 g/mol. The van der Waals surface area contributed by atoms with Crippen LogP contribution in [0.3, 0.4) is 0 Å². The van der Waals surface area contributed by atoms with E-state index < -0.39 is 5.91 Å². The molecule has 2 aromatic carbocycles. The minimum atomic E-state index is -0.495. The second kappa shape index (κ2) is 8.27. The van der Waals surface area contributed by atoms with Crippen molar-refractivity contribution in [3.63, 3.8) is 0 Å².